The van der Waals surface area contributed by atoms with E-state index in [1.807, 2.05) is 6.92 Å². The van der Waals surface area contributed by atoms with E-state index >= 15 is 0 Å². The van der Waals surface area contributed by atoms with Gasteiger partial charge >= 0.3 is 0 Å². The van der Waals surface area contributed by atoms with Gasteiger partial charge in [0.25, 0.3) is 0 Å². The number of hydrogen-bond acceptors (Lipinski definition) is 4. The minimum absolute atomic E-state index is 0.0409. The molecule has 1 N–H and O–H groups in total. The van der Waals surface area contributed by atoms with Gasteiger partial charge in [-0.1, -0.05) is 13.0 Å². The zero-order valence-corrected chi connectivity index (χ0v) is 13.9. The van der Waals surface area contributed by atoms with Gasteiger partial charge in [-0.25, -0.2) is 12.8 Å². The minimum Gasteiger partial charge on any atom is -0.313 e. The SMILES string of the molecule is CCNCc1ccc(S(=O)(=O)N(C)C2CCSC2)c(F)c1. The molecule has 7 heteroatoms. The van der Waals surface area contributed by atoms with E-state index in [1.165, 1.54) is 23.5 Å². The van der Waals surface area contributed by atoms with Gasteiger partial charge in [-0.3, -0.25) is 0 Å². The van der Waals surface area contributed by atoms with Crippen LogP contribution in [-0.4, -0.2) is 43.9 Å². The van der Waals surface area contributed by atoms with Crippen LogP contribution in [0, 0.1) is 5.82 Å². The molecule has 1 fully saturated rings. The molecular weight excluding hydrogens is 311 g/mol. The summed E-state index contributed by atoms with van der Waals surface area (Å²) in [7, 11) is -2.23. The summed E-state index contributed by atoms with van der Waals surface area (Å²) in [5.74, 6) is 1.05. The Morgan fingerprint density at radius 3 is 2.81 bits per heavy atom. The molecule has 1 aromatic carbocycles. The summed E-state index contributed by atoms with van der Waals surface area (Å²) in [4.78, 5) is -0.234. The van der Waals surface area contributed by atoms with Gasteiger partial charge in [-0.05, 0) is 36.4 Å². The van der Waals surface area contributed by atoms with Crippen molar-refractivity contribution >= 4 is 21.8 Å². The van der Waals surface area contributed by atoms with Gasteiger partial charge in [0.15, 0.2) is 0 Å². The van der Waals surface area contributed by atoms with Crippen molar-refractivity contribution in [3.8, 4) is 0 Å². The fourth-order valence-corrected chi connectivity index (χ4v) is 5.08. The lowest BCUT2D eigenvalue weighted by molar-refractivity contribution is 0.391. The third kappa shape index (κ3) is 3.77. The fourth-order valence-electron chi connectivity index (χ4n) is 2.29. The summed E-state index contributed by atoms with van der Waals surface area (Å²) >= 11 is 1.73. The van der Waals surface area contributed by atoms with Gasteiger partial charge in [0, 0.05) is 25.4 Å². The third-order valence-electron chi connectivity index (χ3n) is 3.65. The zero-order valence-electron chi connectivity index (χ0n) is 12.3. The number of benzene rings is 1. The van der Waals surface area contributed by atoms with Crippen molar-refractivity contribution in [3.05, 3.63) is 29.6 Å². The third-order valence-corrected chi connectivity index (χ3v) is 6.74. The molecule has 1 heterocycles. The topological polar surface area (TPSA) is 49.4 Å². The smallest absolute Gasteiger partial charge is 0.246 e. The molecule has 1 unspecified atom stereocenters. The van der Waals surface area contributed by atoms with Gasteiger partial charge in [0.2, 0.25) is 10.0 Å². The van der Waals surface area contributed by atoms with Crippen molar-refractivity contribution in [1.82, 2.24) is 9.62 Å². The van der Waals surface area contributed by atoms with Crippen LogP contribution in [0.15, 0.2) is 23.1 Å². The first-order valence-electron chi connectivity index (χ1n) is 7.01. The maximum Gasteiger partial charge on any atom is 0.246 e. The Hall–Kier alpha value is -0.630. The van der Waals surface area contributed by atoms with Crippen LogP contribution >= 0.6 is 11.8 Å². The monoisotopic (exact) mass is 332 g/mol. The second-order valence-electron chi connectivity index (χ2n) is 5.08. The van der Waals surface area contributed by atoms with Crippen molar-refractivity contribution < 1.29 is 12.8 Å². The zero-order chi connectivity index (χ0) is 15.5. The quantitative estimate of drug-likeness (QED) is 0.866. The molecule has 21 heavy (non-hydrogen) atoms. The number of halogens is 1. The molecule has 0 saturated carbocycles. The Labute approximate surface area is 130 Å². The molecule has 0 aromatic heterocycles. The highest BCUT2D eigenvalue weighted by molar-refractivity contribution is 7.99. The van der Waals surface area contributed by atoms with Gasteiger partial charge in [0.05, 0.1) is 0 Å². The first kappa shape index (κ1) is 16.7. The van der Waals surface area contributed by atoms with Crippen LogP contribution in [0.4, 0.5) is 4.39 Å². The van der Waals surface area contributed by atoms with Crippen LogP contribution in [0.25, 0.3) is 0 Å². The number of sulfonamides is 1. The standard InChI is InChI=1S/C14H21FN2O2S2/c1-3-16-9-11-4-5-14(13(15)8-11)21(18,19)17(2)12-6-7-20-10-12/h4-5,8,12,16H,3,6-7,9-10H2,1-2H3. The van der Waals surface area contributed by atoms with E-state index in [2.05, 4.69) is 5.32 Å². The molecule has 1 saturated heterocycles. The van der Waals surface area contributed by atoms with Crippen LogP contribution in [0.2, 0.25) is 0 Å². The Morgan fingerprint density at radius 1 is 1.48 bits per heavy atom. The molecule has 1 aliphatic heterocycles. The Balaban J connectivity index is 2.23. The Morgan fingerprint density at radius 2 is 2.24 bits per heavy atom. The van der Waals surface area contributed by atoms with Gasteiger partial charge < -0.3 is 5.32 Å². The highest BCUT2D eigenvalue weighted by Crippen LogP contribution is 2.27. The van der Waals surface area contributed by atoms with Crippen LogP contribution in [0.3, 0.4) is 0 Å². The molecule has 1 aliphatic rings. The van der Waals surface area contributed by atoms with Crippen LogP contribution < -0.4 is 5.32 Å². The highest BCUT2D eigenvalue weighted by atomic mass is 32.2. The fraction of sp³-hybridized carbons (Fsp3) is 0.571. The summed E-state index contributed by atoms with van der Waals surface area (Å²) in [5, 5.41) is 3.09. The lowest BCUT2D eigenvalue weighted by Crippen LogP contribution is -2.37. The molecular formula is C14H21FN2O2S2. The second-order valence-corrected chi connectivity index (χ2v) is 8.20. The average Bonchev–Trinajstić information content (AvgIpc) is 2.98. The number of nitrogens with zero attached hydrogens (tertiary/aromatic N) is 1. The lowest BCUT2D eigenvalue weighted by atomic mass is 10.2. The maximum atomic E-state index is 14.2. The molecule has 2 rings (SSSR count). The summed E-state index contributed by atoms with van der Waals surface area (Å²) in [5.41, 5.74) is 0.743. The molecule has 0 radical (unpaired) electrons. The van der Waals surface area contributed by atoms with E-state index in [4.69, 9.17) is 0 Å². The predicted octanol–water partition coefficient (Wildman–Crippen LogP) is 2.06. The summed E-state index contributed by atoms with van der Waals surface area (Å²) in [6.07, 6.45) is 0.820. The summed E-state index contributed by atoms with van der Waals surface area (Å²) < 4.78 is 40.5. The maximum absolute atomic E-state index is 14.2. The van der Waals surface area contributed by atoms with E-state index in [9.17, 15) is 12.8 Å². The molecule has 118 valence electrons. The molecule has 0 amide bonds. The van der Waals surface area contributed by atoms with Crippen LogP contribution in [-0.2, 0) is 16.6 Å². The molecule has 1 atom stereocenters. The number of rotatable bonds is 6. The van der Waals surface area contributed by atoms with Crippen molar-refractivity contribution in [1.29, 1.82) is 0 Å². The number of hydrogen-bond donors (Lipinski definition) is 1. The molecule has 0 spiro atoms. The number of thioether (sulfide) groups is 1. The molecule has 4 nitrogen and oxygen atoms in total. The summed E-state index contributed by atoms with van der Waals surface area (Å²) in [6, 6.07) is 4.29. The van der Waals surface area contributed by atoms with Gasteiger partial charge in [0.1, 0.15) is 10.7 Å². The van der Waals surface area contributed by atoms with Crippen molar-refractivity contribution in [3.63, 3.8) is 0 Å². The first-order chi connectivity index (χ1) is 9.96. The Kier molecular flexibility index (Phi) is 5.65. The number of nitrogens with one attached hydrogen (secondary N) is 1. The summed E-state index contributed by atoms with van der Waals surface area (Å²) in [6.45, 7) is 3.27. The van der Waals surface area contributed by atoms with Crippen molar-refractivity contribution in [2.24, 2.45) is 0 Å². The van der Waals surface area contributed by atoms with Crippen molar-refractivity contribution in [2.75, 3.05) is 25.1 Å². The normalized spacial score (nSPS) is 19.3. The van der Waals surface area contributed by atoms with Gasteiger partial charge in [-0.15, -0.1) is 0 Å². The van der Waals surface area contributed by atoms with Crippen molar-refractivity contribution in [2.45, 2.75) is 30.8 Å². The molecule has 1 aromatic rings. The van der Waals surface area contributed by atoms with E-state index in [0.717, 1.165) is 30.0 Å². The predicted molar refractivity (Wildman–Crippen MR) is 84.5 cm³/mol. The minimum atomic E-state index is -3.77. The lowest BCUT2D eigenvalue weighted by Gasteiger charge is -2.23. The first-order valence-corrected chi connectivity index (χ1v) is 9.61. The van der Waals surface area contributed by atoms with E-state index in [1.54, 1.807) is 17.8 Å². The van der Waals surface area contributed by atoms with Crippen LogP contribution in [0.5, 0.6) is 0 Å². The molecule has 0 aliphatic carbocycles. The van der Waals surface area contributed by atoms with E-state index in [-0.39, 0.29) is 10.9 Å². The largest absolute Gasteiger partial charge is 0.313 e. The average molecular weight is 332 g/mol. The van der Waals surface area contributed by atoms with Crippen LogP contribution in [0.1, 0.15) is 18.9 Å². The highest BCUT2D eigenvalue weighted by Gasteiger charge is 2.32. The van der Waals surface area contributed by atoms with Gasteiger partial charge in [-0.2, -0.15) is 16.1 Å². The molecule has 0 bridgehead atoms. The van der Waals surface area contributed by atoms with E-state index in [0.29, 0.717) is 6.54 Å². The Bertz CT molecular complexity index is 587. The second kappa shape index (κ2) is 7.09. The van der Waals surface area contributed by atoms with E-state index < -0.39 is 15.8 Å².